The first-order chi connectivity index (χ1) is 11.6. The van der Waals surface area contributed by atoms with Gasteiger partial charge in [0.25, 0.3) is 0 Å². The highest BCUT2D eigenvalue weighted by Gasteiger charge is 2.31. The lowest BCUT2D eigenvalue weighted by atomic mass is 9.90. The Bertz CT molecular complexity index is 841. The van der Waals surface area contributed by atoms with Crippen LogP contribution in [0.2, 0.25) is 0 Å². The summed E-state index contributed by atoms with van der Waals surface area (Å²) in [6, 6.07) is 14.3. The fourth-order valence-corrected chi connectivity index (χ4v) is 3.51. The summed E-state index contributed by atoms with van der Waals surface area (Å²) >= 11 is 0. The van der Waals surface area contributed by atoms with E-state index in [0.29, 0.717) is 5.41 Å². The molecule has 0 radical (unpaired) electrons. The van der Waals surface area contributed by atoms with E-state index in [1.165, 1.54) is 13.0 Å². The molecule has 124 valence electrons. The monoisotopic (exact) mass is 321 g/mol. The number of rotatable bonds is 4. The molecule has 1 atom stereocenters. The average molecular weight is 321 g/mol. The number of nitrogens with one attached hydrogen (secondary N) is 1. The zero-order valence-corrected chi connectivity index (χ0v) is 14.2. The maximum Gasteiger partial charge on any atom is 0.157 e. The molecule has 5 heteroatoms. The molecule has 3 aromatic rings. The molecule has 1 unspecified atom stereocenters. The molecule has 1 aliphatic rings. The number of benzene rings is 1. The Kier molecular flexibility index (Phi) is 3.73. The Labute approximate surface area is 142 Å². The van der Waals surface area contributed by atoms with E-state index in [2.05, 4.69) is 47.5 Å². The van der Waals surface area contributed by atoms with Crippen LogP contribution in [0.5, 0.6) is 0 Å². The summed E-state index contributed by atoms with van der Waals surface area (Å²) in [5.41, 5.74) is 3.26. The van der Waals surface area contributed by atoms with E-state index in [0.717, 1.165) is 35.8 Å². The second kappa shape index (κ2) is 5.91. The number of fused-ring (bicyclic) bond motifs is 1. The maximum absolute atomic E-state index is 4.73. The molecule has 0 aliphatic carbocycles. The van der Waals surface area contributed by atoms with Crippen LogP contribution in [0, 0.1) is 5.41 Å². The lowest BCUT2D eigenvalue weighted by molar-refractivity contribution is 0.325. The SMILES string of the molecule is CN1CCC(C)(CNc2cc(-c3ccccc3)nc3ccnn23)C1. The Morgan fingerprint density at radius 1 is 1.21 bits per heavy atom. The summed E-state index contributed by atoms with van der Waals surface area (Å²) in [6.45, 7) is 5.58. The molecule has 1 N–H and O–H groups in total. The lowest BCUT2D eigenvalue weighted by Crippen LogP contribution is -2.30. The average Bonchev–Trinajstić information content (AvgIpc) is 3.20. The fraction of sp³-hybridized carbons (Fsp3) is 0.368. The van der Waals surface area contributed by atoms with Crippen molar-refractivity contribution >= 4 is 11.5 Å². The van der Waals surface area contributed by atoms with Crippen molar-refractivity contribution in [3.63, 3.8) is 0 Å². The van der Waals surface area contributed by atoms with Gasteiger partial charge >= 0.3 is 0 Å². The zero-order valence-electron chi connectivity index (χ0n) is 14.2. The molecule has 0 saturated carbocycles. The predicted octanol–water partition coefficient (Wildman–Crippen LogP) is 3.15. The van der Waals surface area contributed by atoms with Gasteiger partial charge in [-0.05, 0) is 25.4 Å². The predicted molar refractivity (Wildman–Crippen MR) is 97.1 cm³/mol. The van der Waals surface area contributed by atoms with Gasteiger partial charge in [0, 0.05) is 30.8 Å². The topological polar surface area (TPSA) is 45.5 Å². The molecular weight excluding hydrogens is 298 g/mol. The maximum atomic E-state index is 4.73. The zero-order chi connectivity index (χ0) is 16.6. The number of anilines is 1. The van der Waals surface area contributed by atoms with E-state index >= 15 is 0 Å². The molecule has 0 spiro atoms. The minimum atomic E-state index is 0.296. The molecule has 1 saturated heterocycles. The Morgan fingerprint density at radius 3 is 2.79 bits per heavy atom. The van der Waals surface area contributed by atoms with Crippen molar-refractivity contribution < 1.29 is 0 Å². The second-order valence-corrected chi connectivity index (χ2v) is 7.15. The van der Waals surface area contributed by atoms with Crippen molar-refractivity contribution in [1.82, 2.24) is 19.5 Å². The lowest BCUT2D eigenvalue weighted by Gasteiger charge is -2.25. The first-order valence-electron chi connectivity index (χ1n) is 8.46. The van der Waals surface area contributed by atoms with E-state index in [9.17, 15) is 0 Å². The van der Waals surface area contributed by atoms with E-state index in [-0.39, 0.29) is 0 Å². The van der Waals surface area contributed by atoms with Crippen molar-refractivity contribution in [1.29, 1.82) is 0 Å². The molecule has 1 aromatic carbocycles. The summed E-state index contributed by atoms with van der Waals surface area (Å²) in [6.07, 6.45) is 3.02. The molecule has 4 rings (SSSR count). The van der Waals surface area contributed by atoms with Gasteiger partial charge in [0.1, 0.15) is 5.82 Å². The van der Waals surface area contributed by atoms with Crippen molar-refractivity contribution in [2.75, 3.05) is 32.0 Å². The van der Waals surface area contributed by atoms with Crippen molar-refractivity contribution in [2.45, 2.75) is 13.3 Å². The normalized spacial score (nSPS) is 21.4. The van der Waals surface area contributed by atoms with Gasteiger partial charge in [0.2, 0.25) is 0 Å². The van der Waals surface area contributed by atoms with Gasteiger partial charge in [-0.15, -0.1) is 0 Å². The minimum absolute atomic E-state index is 0.296. The van der Waals surface area contributed by atoms with Crippen LogP contribution < -0.4 is 5.32 Å². The number of likely N-dealkylation sites (tertiary alicyclic amines) is 1. The highest BCUT2D eigenvalue weighted by molar-refractivity contribution is 5.66. The molecule has 0 amide bonds. The Morgan fingerprint density at radius 2 is 2.04 bits per heavy atom. The van der Waals surface area contributed by atoms with Gasteiger partial charge in [0.05, 0.1) is 11.9 Å². The van der Waals surface area contributed by atoms with Gasteiger partial charge in [0.15, 0.2) is 5.65 Å². The highest BCUT2D eigenvalue weighted by Crippen LogP contribution is 2.30. The highest BCUT2D eigenvalue weighted by atomic mass is 15.3. The molecule has 5 nitrogen and oxygen atoms in total. The summed E-state index contributed by atoms with van der Waals surface area (Å²) in [4.78, 5) is 7.12. The first-order valence-corrected chi connectivity index (χ1v) is 8.46. The van der Waals surface area contributed by atoms with Gasteiger partial charge in [-0.25, -0.2) is 4.98 Å². The smallest absolute Gasteiger partial charge is 0.157 e. The quantitative estimate of drug-likeness (QED) is 0.802. The number of hydrogen-bond donors (Lipinski definition) is 1. The van der Waals surface area contributed by atoms with Crippen LogP contribution >= 0.6 is 0 Å². The molecule has 3 heterocycles. The van der Waals surface area contributed by atoms with Gasteiger partial charge in [-0.3, -0.25) is 0 Å². The van der Waals surface area contributed by atoms with Crippen LogP contribution in [0.25, 0.3) is 16.9 Å². The van der Waals surface area contributed by atoms with Crippen molar-refractivity contribution in [3.8, 4) is 11.3 Å². The number of hydrogen-bond acceptors (Lipinski definition) is 4. The molecule has 1 fully saturated rings. The summed E-state index contributed by atoms with van der Waals surface area (Å²) < 4.78 is 1.88. The van der Waals surface area contributed by atoms with Crippen LogP contribution in [-0.2, 0) is 0 Å². The van der Waals surface area contributed by atoms with Crippen LogP contribution in [0.15, 0.2) is 48.7 Å². The Balaban J connectivity index is 1.65. The minimum Gasteiger partial charge on any atom is -0.369 e. The van der Waals surface area contributed by atoms with E-state index < -0.39 is 0 Å². The number of nitrogens with zero attached hydrogens (tertiary/aromatic N) is 4. The van der Waals surface area contributed by atoms with Crippen LogP contribution in [0.1, 0.15) is 13.3 Å². The van der Waals surface area contributed by atoms with E-state index in [1.54, 1.807) is 6.20 Å². The van der Waals surface area contributed by atoms with Crippen LogP contribution in [-0.4, -0.2) is 46.2 Å². The van der Waals surface area contributed by atoms with Gasteiger partial charge in [-0.2, -0.15) is 9.61 Å². The summed E-state index contributed by atoms with van der Waals surface area (Å²) in [7, 11) is 2.19. The summed E-state index contributed by atoms with van der Waals surface area (Å²) in [5, 5.41) is 8.04. The van der Waals surface area contributed by atoms with Gasteiger partial charge < -0.3 is 10.2 Å². The molecule has 2 aromatic heterocycles. The van der Waals surface area contributed by atoms with Crippen molar-refractivity contribution in [2.24, 2.45) is 5.41 Å². The standard InChI is InChI=1S/C19H23N5/c1-19(9-11-23(2)14-19)13-20-18-12-16(15-6-4-3-5-7-15)22-17-8-10-21-24(17)18/h3-8,10,12,20H,9,11,13-14H2,1-2H3. The van der Waals surface area contributed by atoms with Crippen LogP contribution in [0.4, 0.5) is 5.82 Å². The summed E-state index contributed by atoms with van der Waals surface area (Å²) in [5.74, 6) is 1.000. The first kappa shape index (κ1) is 15.1. The third-order valence-electron chi connectivity index (χ3n) is 4.87. The second-order valence-electron chi connectivity index (χ2n) is 7.15. The van der Waals surface area contributed by atoms with Crippen molar-refractivity contribution in [3.05, 3.63) is 48.7 Å². The van der Waals surface area contributed by atoms with Crippen LogP contribution in [0.3, 0.4) is 0 Å². The molecule has 0 bridgehead atoms. The third kappa shape index (κ3) is 2.87. The molecule has 1 aliphatic heterocycles. The Hall–Kier alpha value is -2.40. The molecule has 24 heavy (non-hydrogen) atoms. The van der Waals surface area contributed by atoms with E-state index in [1.807, 2.05) is 28.8 Å². The third-order valence-corrected chi connectivity index (χ3v) is 4.87. The number of aromatic nitrogens is 3. The fourth-order valence-electron chi connectivity index (χ4n) is 3.51. The van der Waals surface area contributed by atoms with Gasteiger partial charge in [-0.1, -0.05) is 37.3 Å². The van der Waals surface area contributed by atoms with E-state index in [4.69, 9.17) is 4.98 Å². The molecular formula is C19H23N5. The largest absolute Gasteiger partial charge is 0.369 e.